The van der Waals surface area contributed by atoms with Crippen molar-refractivity contribution in [2.24, 2.45) is 5.73 Å². The van der Waals surface area contributed by atoms with Gasteiger partial charge in [-0.25, -0.2) is 0 Å². The van der Waals surface area contributed by atoms with E-state index in [9.17, 15) is 0 Å². The lowest BCUT2D eigenvalue weighted by Crippen LogP contribution is -2.12. The van der Waals surface area contributed by atoms with Gasteiger partial charge in [-0.15, -0.1) is 11.3 Å². The molecule has 0 aliphatic rings. The van der Waals surface area contributed by atoms with Crippen LogP contribution in [0.25, 0.3) is 0 Å². The Morgan fingerprint density at radius 2 is 2.00 bits per heavy atom. The van der Waals surface area contributed by atoms with Crippen LogP contribution in [0.1, 0.15) is 33.8 Å². The fraction of sp³-hybridized carbons (Fsp3) is 0.385. The molecule has 1 atom stereocenters. The second-order valence-electron chi connectivity index (χ2n) is 4.04. The molecule has 3 heteroatoms. The molecule has 0 aliphatic carbocycles. The topological polar surface area (TPSA) is 26.0 Å². The zero-order valence-electron chi connectivity index (χ0n) is 9.69. The normalized spacial score (nSPS) is 12.9. The van der Waals surface area contributed by atoms with Gasteiger partial charge in [0, 0.05) is 22.2 Å². The molecule has 2 N–H and O–H groups in total. The highest BCUT2D eigenvalue weighted by molar-refractivity contribution is 7.12. The standard InChI is InChI=1S/C13H17NS2/c1-3-10-4-5-11(16-10)6-13(14)12-8-15-7-9(12)2/h4-5,7-8,13H,3,6,14H2,1-2H3. The van der Waals surface area contributed by atoms with Crippen LogP contribution in [0.5, 0.6) is 0 Å². The van der Waals surface area contributed by atoms with Gasteiger partial charge >= 0.3 is 0 Å². The van der Waals surface area contributed by atoms with Crippen molar-refractivity contribution in [3.05, 3.63) is 43.8 Å². The highest BCUT2D eigenvalue weighted by Crippen LogP contribution is 2.26. The molecule has 0 saturated carbocycles. The Morgan fingerprint density at radius 3 is 2.56 bits per heavy atom. The molecular weight excluding hydrogens is 234 g/mol. The third-order valence-electron chi connectivity index (χ3n) is 2.78. The molecule has 0 saturated heterocycles. The van der Waals surface area contributed by atoms with E-state index in [2.05, 4.69) is 36.7 Å². The van der Waals surface area contributed by atoms with Crippen molar-refractivity contribution in [3.8, 4) is 0 Å². The fourth-order valence-electron chi connectivity index (χ4n) is 1.80. The lowest BCUT2D eigenvalue weighted by atomic mass is 10.0. The van der Waals surface area contributed by atoms with E-state index in [1.165, 1.54) is 20.9 Å². The molecule has 2 aromatic heterocycles. The van der Waals surface area contributed by atoms with Crippen LogP contribution in [0.3, 0.4) is 0 Å². The molecule has 0 aliphatic heterocycles. The predicted octanol–water partition coefficient (Wildman–Crippen LogP) is 3.92. The van der Waals surface area contributed by atoms with Crippen molar-refractivity contribution < 1.29 is 0 Å². The van der Waals surface area contributed by atoms with Gasteiger partial charge < -0.3 is 5.73 Å². The van der Waals surface area contributed by atoms with E-state index in [1.54, 1.807) is 11.3 Å². The zero-order chi connectivity index (χ0) is 11.5. The maximum atomic E-state index is 6.24. The van der Waals surface area contributed by atoms with Crippen LogP contribution >= 0.6 is 22.7 Å². The van der Waals surface area contributed by atoms with Crippen LogP contribution < -0.4 is 5.73 Å². The Labute approximate surface area is 105 Å². The third-order valence-corrected chi connectivity index (χ3v) is 4.91. The van der Waals surface area contributed by atoms with Crippen molar-refractivity contribution >= 4 is 22.7 Å². The van der Waals surface area contributed by atoms with E-state index < -0.39 is 0 Å². The van der Waals surface area contributed by atoms with Crippen molar-refractivity contribution in [2.75, 3.05) is 0 Å². The summed E-state index contributed by atoms with van der Waals surface area (Å²) >= 11 is 3.63. The second kappa shape index (κ2) is 5.13. The minimum atomic E-state index is 0.148. The summed E-state index contributed by atoms with van der Waals surface area (Å²) in [4.78, 5) is 2.85. The van der Waals surface area contributed by atoms with Gasteiger partial charge in [0.15, 0.2) is 0 Å². The van der Waals surface area contributed by atoms with E-state index in [0.29, 0.717) is 0 Å². The van der Waals surface area contributed by atoms with E-state index in [0.717, 1.165) is 12.8 Å². The maximum Gasteiger partial charge on any atom is 0.0354 e. The van der Waals surface area contributed by atoms with Gasteiger partial charge in [0.1, 0.15) is 0 Å². The number of hydrogen-bond donors (Lipinski definition) is 1. The molecule has 2 aromatic rings. The van der Waals surface area contributed by atoms with Crippen LogP contribution in [0.15, 0.2) is 22.9 Å². The molecule has 1 nitrogen and oxygen atoms in total. The Kier molecular flexibility index (Phi) is 3.79. The lowest BCUT2D eigenvalue weighted by molar-refractivity contribution is 0.728. The Balaban J connectivity index is 2.07. The molecule has 0 spiro atoms. The lowest BCUT2D eigenvalue weighted by Gasteiger charge is -2.09. The molecule has 0 fully saturated rings. The average Bonchev–Trinajstić information content (AvgIpc) is 2.86. The quantitative estimate of drug-likeness (QED) is 0.875. The first-order valence-corrected chi connectivity index (χ1v) is 7.32. The summed E-state index contributed by atoms with van der Waals surface area (Å²) in [6.45, 7) is 4.33. The largest absolute Gasteiger partial charge is 0.324 e. The summed E-state index contributed by atoms with van der Waals surface area (Å²) < 4.78 is 0. The number of hydrogen-bond acceptors (Lipinski definition) is 3. The number of nitrogens with two attached hydrogens (primary N) is 1. The average molecular weight is 251 g/mol. The predicted molar refractivity (Wildman–Crippen MR) is 73.4 cm³/mol. The summed E-state index contributed by atoms with van der Waals surface area (Å²) in [6, 6.07) is 4.58. The van der Waals surface area contributed by atoms with Crippen LogP contribution in [-0.4, -0.2) is 0 Å². The summed E-state index contributed by atoms with van der Waals surface area (Å²) in [5.41, 5.74) is 8.86. The van der Waals surface area contributed by atoms with Crippen molar-refractivity contribution in [1.82, 2.24) is 0 Å². The molecule has 86 valence electrons. The van der Waals surface area contributed by atoms with E-state index >= 15 is 0 Å². The molecule has 2 heterocycles. The summed E-state index contributed by atoms with van der Waals surface area (Å²) in [5.74, 6) is 0. The molecule has 16 heavy (non-hydrogen) atoms. The first-order chi connectivity index (χ1) is 7.70. The van der Waals surface area contributed by atoms with Crippen LogP contribution in [-0.2, 0) is 12.8 Å². The molecule has 2 rings (SSSR count). The SMILES string of the molecule is CCc1ccc(CC(N)c2cscc2C)s1. The van der Waals surface area contributed by atoms with Crippen molar-refractivity contribution in [3.63, 3.8) is 0 Å². The Bertz CT molecular complexity index is 456. The highest BCUT2D eigenvalue weighted by Gasteiger charge is 2.11. The first-order valence-electron chi connectivity index (χ1n) is 5.56. The summed E-state index contributed by atoms with van der Waals surface area (Å²) in [7, 11) is 0. The summed E-state index contributed by atoms with van der Waals surface area (Å²) in [5, 5.41) is 4.34. The van der Waals surface area contributed by atoms with E-state index in [4.69, 9.17) is 5.73 Å². The van der Waals surface area contributed by atoms with Crippen LogP contribution in [0.2, 0.25) is 0 Å². The third kappa shape index (κ3) is 2.54. The maximum absolute atomic E-state index is 6.24. The summed E-state index contributed by atoms with van der Waals surface area (Å²) in [6.07, 6.45) is 2.08. The van der Waals surface area contributed by atoms with Crippen LogP contribution in [0.4, 0.5) is 0 Å². The van der Waals surface area contributed by atoms with Gasteiger partial charge in [0.25, 0.3) is 0 Å². The molecule has 0 aromatic carbocycles. The first kappa shape index (κ1) is 11.8. The van der Waals surface area contributed by atoms with Gasteiger partial charge in [0.05, 0.1) is 0 Å². The van der Waals surface area contributed by atoms with Crippen LogP contribution in [0, 0.1) is 6.92 Å². The van der Waals surface area contributed by atoms with Crippen molar-refractivity contribution in [1.29, 1.82) is 0 Å². The van der Waals surface area contributed by atoms with Gasteiger partial charge in [-0.3, -0.25) is 0 Å². The highest BCUT2D eigenvalue weighted by atomic mass is 32.1. The van der Waals surface area contributed by atoms with Gasteiger partial charge in [0.2, 0.25) is 0 Å². The van der Waals surface area contributed by atoms with Gasteiger partial charge in [-0.05, 0) is 47.4 Å². The number of rotatable bonds is 4. The molecular formula is C13H17NS2. The smallest absolute Gasteiger partial charge is 0.0354 e. The molecule has 0 bridgehead atoms. The second-order valence-corrected chi connectivity index (χ2v) is 6.04. The molecule has 0 amide bonds. The zero-order valence-corrected chi connectivity index (χ0v) is 11.3. The molecule has 1 unspecified atom stereocenters. The minimum absolute atomic E-state index is 0.148. The van der Waals surface area contributed by atoms with Gasteiger partial charge in [-0.1, -0.05) is 6.92 Å². The number of aryl methyl sites for hydroxylation is 2. The Hall–Kier alpha value is -0.640. The number of thiophene rings is 2. The fourth-order valence-corrected chi connectivity index (χ4v) is 3.73. The van der Waals surface area contributed by atoms with Crippen molar-refractivity contribution in [2.45, 2.75) is 32.7 Å². The van der Waals surface area contributed by atoms with E-state index in [1.807, 2.05) is 11.3 Å². The minimum Gasteiger partial charge on any atom is -0.324 e. The molecule has 0 radical (unpaired) electrons. The van der Waals surface area contributed by atoms with Gasteiger partial charge in [-0.2, -0.15) is 11.3 Å². The monoisotopic (exact) mass is 251 g/mol. The Morgan fingerprint density at radius 1 is 1.25 bits per heavy atom. The van der Waals surface area contributed by atoms with E-state index in [-0.39, 0.29) is 6.04 Å².